The van der Waals surface area contributed by atoms with Gasteiger partial charge in [-0.2, -0.15) is 0 Å². The highest BCUT2D eigenvalue weighted by atomic mass is 35.5. The van der Waals surface area contributed by atoms with Crippen LogP contribution in [0.4, 0.5) is 0 Å². The third-order valence-electron chi connectivity index (χ3n) is 4.33. The summed E-state index contributed by atoms with van der Waals surface area (Å²) in [6, 6.07) is 3.99. The molecule has 0 bridgehead atoms. The highest BCUT2D eigenvalue weighted by Gasteiger charge is 2.11. The summed E-state index contributed by atoms with van der Waals surface area (Å²) < 4.78 is 11.7. The van der Waals surface area contributed by atoms with Gasteiger partial charge in [-0.05, 0) is 55.9 Å². The molecule has 0 amide bonds. The standard InChI is InChI=1S/C21H24ClNO2.C6H10O2.C4H10.3C2H6/c1-3-4-8-18-11-12-19(23-15-18)16-25-21-10-5-9-20(14-21)24-13-6-7-17(2)22;1-2-3-4-5-6(7)8;1-4(2)3;3*1-2/h3-5,7-9,11-12,14-15,21H,1,6,10,13,16H2,2H3;2H,1,3-5H2,(H,7,8);4H,1-3H3;3*1-2H3/b8-4-,17-7+;;;;;. The molecule has 1 aromatic rings. The van der Waals surface area contributed by atoms with Gasteiger partial charge in [-0.25, -0.2) is 0 Å². The van der Waals surface area contributed by atoms with Crippen molar-refractivity contribution in [3.8, 4) is 0 Å². The van der Waals surface area contributed by atoms with Crippen molar-refractivity contribution in [3.05, 3.63) is 96.1 Å². The largest absolute Gasteiger partial charge is 0.494 e. The van der Waals surface area contributed by atoms with Crippen molar-refractivity contribution in [3.63, 3.8) is 0 Å². The summed E-state index contributed by atoms with van der Waals surface area (Å²) in [5, 5.41) is 8.89. The summed E-state index contributed by atoms with van der Waals surface area (Å²) in [5.41, 5.74) is 1.95. The Hall–Kier alpha value is -2.89. The molecule has 1 aromatic heterocycles. The van der Waals surface area contributed by atoms with E-state index in [0.29, 0.717) is 19.6 Å². The number of hydrogen-bond donors (Lipinski definition) is 1. The lowest BCUT2D eigenvalue weighted by Gasteiger charge is -2.17. The fraction of sp³-hybridized carbons (Fsp3) is 0.514. The van der Waals surface area contributed by atoms with Crippen LogP contribution in [-0.2, 0) is 20.9 Å². The molecule has 0 saturated carbocycles. The van der Waals surface area contributed by atoms with E-state index >= 15 is 0 Å². The van der Waals surface area contributed by atoms with Crippen LogP contribution in [0, 0.1) is 5.92 Å². The zero-order valence-corrected chi connectivity index (χ0v) is 29.6. The monoisotopic (exact) mass is 619 g/mol. The van der Waals surface area contributed by atoms with Gasteiger partial charge in [0.25, 0.3) is 0 Å². The Balaban J connectivity index is -0.000000350. The van der Waals surface area contributed by atoms with Crippen molar-refractivity contribution in [2.75, 3.05) is 6.61 Å². The Labute approximate surface area is 270 Å². The summed E-state index contributed by atoms with van der Waals surface area (Å²) in [7, 11) is 0. The molecule has 5 nitrogen and oxygen atoms in total. The van der Waals surface area contributed by atoms with E-state index in [1.54, 1.807) is 12.2 Å². The minimum absolute atomic E-state index is 0.00689. The Morgan fingerprint density at radius 3 is 2.23 bits per heavy atom. The molecule has 1 aliphatic carbocycles. The van der Waals surface area contributed by atoms with Crippen LogP contribution in [-0.4, -0.2) is 28.8 Å². The molecule has 43 heavy (non-hydrogen) atoms. The first kappa shape index (κ1) is 47.1. The fourth-order valence-corrected chi connectivity index (χ4v) is 2.77. The lowest BCUT2D eigenvalue weighted by atomic mass is 10.1. The molecule has 0 saturated heterocycles. The molecule has 0 spiro atoms. The van der Waals surface area contributed by atoms with E-state index in [1.807, 2.05) is 97.2 Å². The third-order valence-corrected chi connectivity index (χ3v) is 4.48. The average molecular weight is 620 g/mol. The minimum Gasteiger partial charge on any atom is -0.494 e. The second kappa shape index (κ2) is 37.1. The molecular weight excluding hydrogens is 558 g/mol. The van der Waals surface area contributed by atoms with E-state index in [4.69, 9.17) is 26.2 Å². The molecule has 0 aliphatic heterocycles. The van der Waals surface area contributed by atoms with E-state index in [1.165, 1.54) is 0 Å². The highest BCUT2D eigenvalue weighted by molar-refractivity contribution is 6.29. The summed E-state index contributed by atoms with van der Waals surface area (Å²) in [6.07, 6.45) is 20.6. The number of ether oxygens (including phenoxy) is 2. The van der Waals surface area contributed by atoms with Gasteiger partial charge in [0, 0.05) is 24.1 Å². The molecule has 1 unspecified atom stereocenters. The molecule has 1 atom stereocenters. The topological polar surface area (TPSA) is 68.7 Å². The molecular formula is C37H62ClNO4. The van der Waals surface area contributed by atoms with Gasteiger partial charge in [-0.1, -0.05) is 123 Å². The Kier molecular flexibility index (Phi) is 40.6. The predicted octanol–water partition coefficient (Wildman–Crippen LogP) is 11.7. The van der Waals surface area contributed by atoms with Crippen molar-refractivity contribution < 1.29 is 19.4 Å². The fourth-order valence-electron chi connectivity index (χ4n) is 2.66. The van der Waals surface area contributed by atoms with Crippen LogP contribution in [0.1, 0.15) is 113 Å². The second-order valence-corrected chi connectivity index (χ2v) is 9.57. The van der Waals surface area contributed by atoms with Gasteiger partial charge in [-0.15, -0.1) is 6.58 Å². The van der Waals surface area contributed by atoms with Gasteiger partial charge in [0.05, 0.1) is 25.0 Å². The number of aromatic nitrogens is 1. The molecule has 1 N–H and O–H groups in total. The summed E-state index contributed by atoms with van der Waals surface area (Å²) in [4.78, 5) is 14.3. The number of nitrogens with zero attached hydrogens (tertiary/aromatic N) is 1. The van der Waals surface area contributed by atoms with E-state index in [9.17, 15) is 4.79 Å². The van der Waals surface area contributed by atoms with E-state index in [0.717, 1.165) is 47.2 Å². The van der Waals surface area contributed by atoms with Crippen molar-refractivity contribution in [1.82, 2.24) is 4.98 Å². The van der Waals surface area contributed by atoms with Gasteiger partial charge >= 0.3 is 5.97 Å². The zero-order valence-electron chi connectivity index (χ0n) is 28.9. The quantitative estimate of drug-likeness (QED) is 0.135. The van der Waals surface area contributed by atoms with E-state index in [2.05, 4.69) is 45.0 Å². The molecule has 0 fully saturated rings. The number of carboxylic acids is 1. The molecule has 2 rings (SSSR count). The molecule has 6 heteroatoms. The van der Waals surface area contributed by atoms with Crippen LogP contribution in [0.3, 0.4) is 0 Å². The number of allylic oxidation sites excluding steroid dienone is 5. The van der Waals surface area contributed by atoms with Crippen LogP contribution in [0.15, 0.2) is 84.8 Å². The van der Waals surface area contributed by atoms with Crippen LogP contribution in [0.25, 0.3) is 6.08 Å². The number of halogens is 1. The second-order valence-electron chi connectivity index (χ2n) is 8.97. The first-order valence-electron chi connectivity index (χ1n) is 15.7. The van der Waals surface area contributed by atoms with Gasteiger partial charge in [-0.3, -0.25) is 9.78 Å². The number of aliphatic carboxylic acids is 1. The van der Waals surface area contributed by atoms with E-state index < -0.39 is 5.97 Å². The lowest BCUT2D eigenvalue weighted by molar-refractivity contribution is -0.137. The summed E-state index contributed by atoms with van der Waals surface area (Å²) in [5.74, 6) is 0.946. The minimum atomic E-state index is -0.730. The molecule has 1 heterocycles. The van der Waals surface area contributed by atoms with E-state index in [-0.39, 0.29) is 12.5 Å². The number of carbonyl (C=O) groups is 1. The Bertz CT molecular complexity index is 893. The number of hydrogen-bond acceptors (Lipinski definition) is 4. The Morgan fingerprint density at radius 2 is 1.74 bits per heavy atom. The van der Waals surface area contributed by atoms with Crippen LogP contribution >= 0.6 is 11.6 Å². The maximum Gasteiger partial charge on any atom is 0.303 e. The van der Waals surface area contributed by atoms with Crippen molar-refractivity contribution in [1.29, 1.82) is 0 Å². The first-order chi connectivity index (χ1) is 20.7. The first-order valence-corrected chi connectivity index (χ1v) is 16.1. The smallest absolute Gasteiger partial charge is 0.303 e. The molecule has 246 valence electrons. The highest BCUT2D eigenvalue weighted by Crippen LogP contribution is 2.17. The van der Waals surface area contributed by atoms with Crippen molar-refractivity contribution in [2.45, 2.75) is 114 Å². The predicted molar refractivity (Wildman–Crippen MR) is 190 cm³/mol. The maximum absolute atomic E-state index is 9.84. The van der Waals surface area contributed by atoms with Gasteiger partial charge in [0.15, 0.2) is 0 Å². The van der Waals surface area contributed by atoms with Gasteiger partial charge < -0.3 is 14.6 Å². The van der Waals surface area contributed by atoms with Crippen molar-refractivity contribution >= 4 is 23.6 Å². The summed E-state index contributed by atoms with van der Waals surface area (Å²) in [6.45, 7) is 28.6. The van der Waals surface area contributed by atoms with Crippen LogP contribution in [0.5, 0.6) is 0 Å². The van der Waals surface area contributed by atoms with Gasteiger partial charge in [0.2, 0.25) is 0 Å². The number of rotatable bonds is 13. The zero-order chi connectivity index (χ0) is 33.9. The molecule has 0 aromatic carbocycles. The Morgan fingerprint density at radius 1 is 1.12 bits per heavy atom. The third kappa shape index (κ3) is 37.1. The van der Waals surface area contributed by atoms with Crippen LogP contribution < -0.4 is 0 Å². The number of pyridine rings is 1. The lowest BCUT2D eigenvalue weighted by Crippen LogP contribution is -2.13. The van der Waals surface area contributed by atoms with Crippen molar-refractivity contribution in [2.24, 2.45) is 5.92 Å². The van der Waals surface area contributed by atoms with Crippen LogP contribution in [0.2, 0.25) is 0 Å². The molecule has 1 aliphatic rings. The average Bonchev–Trinajstić information content (AvgIpc) is 3.01. The SMILES string of the molecule is C=C/C=C\c1ccc(COC2C=C(OCC/C=C(\C)Cl)C=CC2)nc1.C=CCCCC(=O)O.CC.CC.CC.CC(C)C. The van der Waals surface area contributed by atoms with Gasteiger partial charge in [0.1, 0.15) is 5.76 Å². The summed E-state index contributed by atoms with van der Waals surface area (Å²) >= 11 is 5.80. The maximum atomic E-state index is 9.84. The number of unbranched alkanes of at least 4 members (excludes halogenated alkanes) is 1. The normalized spacial score (nSPS) is 13.1. The molecule has 0 radical (unpaired) electrons. The number of carboxylic acid groups (broad SMARTS) is 1.